The van der Waals surface area contributed by atoms with Crippen LogP contribution >= 0.6 is 0 Å². The van der Waals surface area contributed by atoms with E-state index in [1.807, 2.05) is 17.8 Å². The van der Waals surface area contributed by atoms with Crippen molar-refractivity contribution in [1.29, 1.82) is 0 Å². The normalized spacial score (nSPS) is 12.1. The van der Waals surface area contributed by atoms with Gasteiger partial charge in [0.2, 0.25) is 11.8 Å². The first-order chi connectivity index (χ1) is 8.00. The molecule has 1 atom stereocenters. The van der Waals surface area contributed by atoms with Gasteiger partial charge in [-0.15, -0.1) is 0 Å². The van der Waals surface area contributed by atoms with Crippen LogP contribution in [0.2, 0.25) is 0 Å². The Balaban J connectivity index is 2.29. The lowest BCUT2D eigenvalue weighted by Crippen LogP contribution is -2.43. The van der Waals surface area contributed by atoms with Crippen molar-refractivity contribution in [2.45, 2.75) is 18.9 Å². The Morgan fingerprint density at radius 3 is 2.82 bits per heavy atom. The molecule has 0 saturated carbocycles. The number of primary amides is 1. The van der Waals surface area contributed by atoms with Crippen molar-refractivity contribution in [3.05, 3.63) is 18.2 Å². The van der Waals surface area contributed by atoms with E-state index in [1.165, 1.54) is 0 Å². The number of carbonyl (C=O) groups is 2. The molecule has 0 bridgehead atoms. The van der Waals surface area contributed by atoms with E-state index < -0.39 is 11.9 Å². The van der Waals surface area contributed by atoms with Crippen molar-refractivity contribution in [3.8, 4) is 0 Å². The number of amides is 2. The minimum atomic E-state index is -0.881. The quantitative estimate of drug-likeness (QED) is 0.547. The molecule has 0 aromatic carbocycles. The Labute approximate surface area is 99.2 Å². The van der Waals surface area contributed by atoms with Crippen LogP contribution < -0.4 is 16.8 Å². The molecule has 7 heteroatoms. The number of nitrogens with zero attached hydrogens (tertiary/aromatic N) is 2. The molecule has 0 saturated heterocycles. The lowest BCUT2D eigenvalue weighted by Gasteiger charge is -2.10. The van der Waals surface area contributed by atoms with Gasteiger partial charge in [0.25, 0.3) is 0 Å². The summed E-state index contributed by atoms with van der Waals surface area (Å²) >= 11 is 0. The van der Waals surface area contributed by atoms with Gasteiger partial charge in [0.1, 0.15) is 5.82 Å². The topological polar surface area (TPSA) is 116 Å². The molecule has 0 aliphatic rings. The van der Waals surface area contributed by atoms with E-state index in [1.54, 1.807) is 6.20 Å². The minimum Gasteiger partial charge on any atom is -0.370 e. The number of aromatic nitrogens is 2. The van der Waals surface area contributed by atoms with Crippen LogP contribution in [0.15, 0.2) is 12.4 Å². The van der Waals surface area contributed by atoms with Crippen molar-refractivity contribution >= 4 is 11.8 Å². The molecule has 1 heterocycles. The lowest BCUT2D eigenvalue weighted by atomic mass is 10.2. The standard InChI is InChI=1S/C10H17N5O2/c1-15-5-4-13-9(15)2-3-14-10(17)7(11)6-8(12)16/h4-5,7H,2-3,6,11H2,1H3,(H2,12,16)(H,14,17). The van der Waals surface area contributed by atoms with Gasteiger partial charge in [-0.25, -0.2) is 4.98 Å². The van der Waals surface area contributed by atoms with Crippen LogP contribution in [0.4, 0.5) is 0 Å². The Bertz CT molecular complexity index is 401. The summed E-state index contributed by atoms with van der Waals surface area (Å²) in [6, 6.07) is -0.881. The smallest absolute Gasteiger partial charge is 0.237 e. The fourth-order valence-electron chi connectivity index (χ4n) is 1.38. The largest absolute Gasteiger partial charge is 0.370 e. The number of hydrogen-bond donors (Lipinski definition) is 3. The maximum atomic E-state index is 11.4. The molecule has 1 aromatic heterocycles. The number of rotatable bonds is 6. The van der Waals surface area contributed by atoms with Gasteiger partial charge >= 0.3 is 0 Å². The summed E-state index contributed by atoms with van der Waals surface area (Å²) in [4.78, 5) is 26.1. The summed E-state index contributed by atoms with van der Waals surface area (Å²) in [7, 11) is 1.88. The average Bonchev–Trinajstić information content (AvgIpc) is 2.63. The van der Waals surface area contributed by atoms with Gasteiger partial charge in [0.15, 0.2) is 0 Å². The van der Waals surface area contributed by atoms with Gasteiger partial charge in [0.05, 0.1) is 12.5 Å². The van der Waals surface area contributed by atoms with E-state index in [0.29, 0.717) is 13.0 Å². The molecule has 5 N–H and O–H groups in total. The van der Waals surface area contributed by atoms with Crippen molar-refractivity contribution in [2.24, 2.45) is 18.5 Å². The zero-order valence-electron chi connectivity index (χ0n) is 9.72. The summed E-state index contributed by atoms with van der Waals surface area (Å²) in [6.07, 6.45) is 3.98. The summed E-state index contributed by atoms with van der Waals surface area (Å²) in [6.45, 7) is 0.427. The second-order valence-electron chi connectivity index (χ2n) is 3.77. The first kappa shape index (κ1) is 13.2. The van der Waals surface area contributed by atoms with Gasteiger partial charge in [0, 0.05) is 32.4 Å². The number of imidazole rings is 1. The molecule has 0 aliphatic carbocycles. The highest BCUT2D eigenvalue weighted by Crippen LogP contribution is 1.94. The van der Waals surface area contributed by atoms with E-state index in [4.69, 9.17) is 11.5 Å². The number of nitrogens with one attached hydrogen (secondary N) is 1. The van der Waals surface area contributed by atoms with E-state index in [0.717, 1.165) is 5.82 Å². The van der Waals surface area contributed by atoms with E-state index in [-0.39, 0.29) is 12.3 Å². The molecule has 2 amide bonds. The lowest BCUT2D eigenvalue weighted by molar-refractivity contribution is -0.126. The first-order valence-corrected chi connectivity index (χ1v) is 5.28. The molecule has 17 heavy (non-hydrogen) atoms. The molecule has 1 aromatic rings. The predicted molar refractivity (Wildman–Crippen MR) is 61.7 cm³/mol. The van der Waals surface area contributed by atoms with Crippen LogP contribution in [0.1, 0.15) is 12.2 Å². The third-order valence-electron chi connectivity index (χ3n) is 2.33. The molecule has 7 nitrogen and oxygen atoms in total. The average molecular weight is 239 g/mol. The molecule has 0 radical (unpaired) electrons. The third kappa shape index (κ3) is 4.23. The monoisotopic (exact) mass is 239 g/mol. The van der Waals surface area contributed by atoms with Crippen molar-refractivity contribution < 1.29 is 9.59 Å². The van der Waals surface area contributed by atoms with Gasteiger partial charge in [-0.1, -0.05) is 0 Å². The van der Waals surface area contributed by atoms with Crippen molar-refractivity contribution in [1.82, 2.24) is 14.9 Å². The molecule has 1 unspecified atom stereocenters. The molecule has 1 rings (SSSR count). The Morgan fingerprint density at radius 2 is 2.29 bits per heavy atom. The molecule has 0 spiro atoms. The van der Waals surface area contributed by atoms with E-state index >= 15 is 0 Å². The van der Waals surface area contributed by atoms with Crippen LogP contribution in [-0.4, -0.2) is 34.0 Å². The summed E-state index contributed by atoms with van der Waals surface area (Å²) in [5.41, 5.74) is 10.4. The highest BCUT2D eigenvalue weighted by molar-refractivity contribution is 5.87. The zero-order chi connectivity index (χ0) is 12.8. The van der Waals surface area contributed by atoms with Gasteiger partial charge in [-0.2, -0.15) is 0 Å². The van der Waals surface area contributed by atoms with Gasteiger partial charge < -0.3 is 21.4 Å². The zero-order valence-corrected chi connectivity index (χ0v) is 9.72. The molecular weight excluding hydrogens is 222 g/mol. The maximum absolute atomic E-state index is 11.4. The first-order valence-electron chi connectivity index (χ1n) is 5.28. The number of nitrogens with two attached hydrogens (primary N) is 2. The van der Waals surface area contributed by atoms with Crippen LogP contribution in [0.25, 0.3) is 0 Å². The summed E-state index contributed by atoms with van der Waals surface area (Å²) < 4.78 is 1.87. The summed E-state index contributed by atoms with van der Waals surface area (Å²) in [5.74, 6) is -0.0940. The Morgan fingerprint density at radius 1 is 1.59 bits per heavy atom. The van der Waals surface area contributed by atoms with E-state index in [2.05, 4.69) is 10.3 Å². The maximum Gasteiger partial charge on any atom is 0.237 e. The predicted octanol–water partition coefficient (Wildman–Crippen LogP) is -1.72. The van der Waals surface area contributed by atoms with Crippen LogP contribution in [0.3, 0.4) is 0 Å². The number of hydrogen-bond acceptors (Lipinski definition) is 4. The molecule has 0 aliphatic heterocycles. The molecule has 0 fully saturated rings. The van der Waals surface area contributed by atoms with Gasteiger partial charge in [-0.3, -0.25) is 9.59 Å². The number of carbonyl (C=O) groups excluding carboxylic acids is 2. The fraction of sp³-hybridized carbons (Fsp3) is 0.500. The second-order valence-corrected chi connectivity index (χ2v) is 3.77. The highest BCUT2D eigenvalue weighted by atomic mass is 16.2. The highest BCUT2D eigenvalue weighted by Gasteiger charge is 2.15. The minimum absolute atomic E-state index is 0.145. The third-order valence-corrected chi connectivity index (χ3v) is 2.33. The van der Waals surface area contributed by atoms with Crippen LogP contribution in [0, 0.1) is 0 Å². The van der Waals surface area contributed by atoms with E-state index in [9.17, 15) is 9.59 Å². The Hall–Kier alpha value is -1.89. The molecular formula is C10H17N5O2. The van der Waals surface area contributed by atoms with Gasteiger partial charge in [-0.05, 0) is 0 Å². The van der Waals surface area contributed by atoms with Crippen molar-refractivity contribution in [3.63, 3.8) is 0 Å². The molecule has 94 valence electrons. The summed E-state index contributed by atoms with van der Waals surface area (Å²) in [5, 5.41) is 2.63. The second kappa shape index (κ2) is 6.00. The van der Waals surface area contributed by atoms with Crippen LogP contribution in [0.5, 0.6) is 0 Å². The SMILES string of the molecule is Cn1ccnc1CCNC(=O)C(N)CC(N)=O. The fourth-order valence-corrected chi connectivity index (χ4v) is 1.38. The van der Waals surface area contributed by atoms with Crippen molar-refractivity contribution in [2.75, 3.05) is 6.54 Å². The Kier molecular flexibility index (Phi) is 4.65. The van der Waals surface area contributed by atoms with Crippen LogP contribution in [-0.2, 0) is 23.1 Å². The number of aryl methyl sites for hydroxylation is 1.